The Kier molecular flexibility index (Phi) is 7.12. The lowest BCUT2D eigenvalue weighted by Crippen LogP contribution is -2.34. The van der Waals surface area contributed by atoms with E-state index in [-0.39, 0.29) is 5.91 Å². The third kappa shape index (κ3) is 5.81. The predicted octanol–water partition coefficient (Wildman–Crippen LogP) is 4.06. The summed E-state index contributed by atoms with van der Waals surface area (Å²) in [5.41, 5.74) is 3.44. The molecule has 2 heterocycles. The van der Waals surface area contributed by atoms with Crippen LogP contribution >= 0.6 is 0 Å². The number of nitrogens with zero attached hydrogens (tertiary/aromatic N) is 2. The minimum atomic E-state index is -0.445. The predicted molar refractivity (Wildman–Crippen MR) is 122 cm³/mol. The molecule has 0 saturated carbocycles. The smallest absolute Gasteiger partial charge is 0.247 e. The SMILES string of the molecule is Cc1ccc(CCN[C@@H](C(=O)Nc2ccn(C3CCOCC3)n2)c2ccccc2)cc1. The van der Waals surface area contributed by atoms with Crippen LogP contribution in [0, 0.1) is 6.92 Å². The van der Waals surface area contributed by atoms with Gasteiger partial charge in [0.2, 0.25) is 5.91 Å². The van der Waals surface area contributed by atoms with Crippen molar-refractivity contribution in [3.05, 3.63) is 83.6 Å². The largest absolute Gasteiger partial charge is 0.381 e. The summed E-state index contributed by atoms with van der Waals surface area (Å²) in [6.07, 6.45) is 4.69. The topological polar surface area (TPSA) is 68.2 Å². The summed E-state index contributed by atoms with van der Waals surface area (Å²) in [5.74, 6) is 0.477. The minimum Gasteiger partial charge on any atom is -0.381 e. The molecule has 6 nitrogen and oxygen atoms in total. The fraction of sp³-hybridized carbons (Fsp3) is 0.360. The van der Waals surface area contributed by atoms with Crippen molar-refractivity contribution in [3.8, 4) is 0 Å². The molecular weight excluding hydrogens is 388 g/mol. The van der Waals surface area contributed by atoms with Crippen LogP contribution in [-0.4, -0.2) is 35.4 Å². The number of ether oxygens (including phenoxy) is 1. The fourth-order valence-electron chi connectivity index (χ4n) is 3.88. The normalized spacial score (nSPS) is 15.5. The van der Waals surface area contributed by atoms with Crippen LogP contribution in [0.1, 0.15) is 41.6 Å². The Morgan fingerprint density at radius 2 is 1.84 bits per heavy atom. The van der Waals surface area contributed by atoms with E-state index >= 15 is 0 Å². The first-order chi connectivity index (χ1) is 15.2. The van der Waals surface area contributed by atoms with Gasteiger partial charge in [-0.25, -0.2) is 0 Å². The van der Waals surface area contributed by atoms with Gasteiger partial charge in [0.25, 0.3) is 0 Å². The van der Waals surface area contributed by atoms with Gasteiger partial charge in [0.05, 0.1) is 6.04 Å². The number of carbonyl (C=O) groups is 1. The summed E-state index contributed by atoms with van der Waals surface area (Å²) < 4.78 is 7.37. The number of carbonyl (C=O) groups excluding carboxylic acids is 1. The first-order valence-electron chi connectivity index (χ1n) is 11.0. The van der Waals surface area contributed by atoms with Crippen molar-refractivity contribution < 1.29 is 9.53 Å². The van der Waals surface area contributed by atoms with Gasteiger partial charge in [0, 0.05) is 32.0 Å². The Balaban J connectivity index is 1.40. The first kappa shape index (κ1) is 21.3. The molecule has 0 bridgehead atoms. The zero-order valence-electron chi connectivity index (χ0n) is 18.0. The molecule has 1 aliphatic heterocycles. The Bertz CT molecular complexity index is 963. The van der Waals surface area contributed by atoms with Crippen LogP contribution in [0.5, 0.6) is 0 Å². The van der Waals surface area contributed by atoms with Crippen molar-refractivity contribution in [2.75, 3.05) is 25.1 Å². The zero-order chi connectivity index (χ0) is 21.5. The molecule has 0 radical (unpaired) electrons. The highest BCUT2D eigenvalue weighted by Gasteiger charge is 2.22. The van der Waals surface area contributed by atoms with Crippen molar-refractivity contribution in [3.63, 3.8) is 0 Å². The standard InChI is InChI=1S/C25H30N4O2/c1-19-7-9-20(10-8-19)11-15-26-24(21-5-3-2-4-6-21)25(30)27-23-12-16-29(28-23)22-13-17-31-18-14-22/h2-10,12,16,22,24,26H,11,13-15,17-18H2,1H3,(H,27,28,30)/t24-/m1/s1. The molecule has 2 N–H and O–H groups in total. The molecule has 1 atom stereocenters. The molecule has 6 heteroatoms. The molecule has 31 heavy (non-hydrogen) atoms. The summed E-state index contributed by atoms with van der Waals surface area (Å²) in [6, 6.07) is 20.1. The second-order valence-electron chi connectivity index (χ2n) is 8.05. The maximum atomic E-state index is 13.1. The Morgan fingerprint density at radius 3 is 2.58 bits per heavy atom. The highest BCUT2D eigenvalue weighted by atomic mass is 16.5. The maximum absolute atomic E-state index is 13.1. The zero-order valence-corrected chi connectivity index (χ0v) is 18.0. The average molecular weight is 419 g/mol. The van der Waals surface area contributed by atoms with Gasteiger partial charge < -0.3 is 15.4 Å². The highest BCUT2D eigenvalue weighted by Crippen LogP contribution is 2.22. The molecule has 1 aliphatic rings. The van der Waals surface area contributed by atoms with Gasteiger partial charge in [-0.15, -0.1) is 0 Å². The third-order valence-corrected chi connectivity index (χ3v) is 5.70. The van der Waals surface area contributed by atoms with E-state index in [0.29, 0.717) is 18.4 Å². The average Bonchev–Trinajstić information content (AvgIpc) is 3.27. The number of nitrogens with one attached hydrogen (secondary N) is 2. The van der Waals surface area contributed by atoms with Crippen LogP contribution in [0.25, 0.3) is 0 Å². The number of benzene rings is 2. The molecule has 0 spiro atoms. The van der Waals surface area contributed by atoms with E-state index in [1.54, 1.807) is 0 Å². The van der Waals surface area contributed by atoms with E-state index in [1.807, 2.05) is 47.3 Å². The lowest BCUT2D eigenvalue weighted by atomic mass is 10.1. The van der Waals surface area contributed by atoms with Crippen molar-refractivity contribution in [2.24, 2.45) is 0 Å². The molecule has 162 valence electrons. The number of hydrogen-bond acceptors (Lipinski definition) is 4. The van der Waals surface area contributed by atoms with E-state index in [4.69, 9.17) is 4.74 Å². The molecule has 1 saturated heterocycles. The first-order valence-corrected chi connectivity index (χ1v) is 11.0. The number of amides is 1. The lowest BCUT2D eigenvalue weighted by molar-refractivity contribution is -0.118. The number of aryl methyl sites for hydroxylation is 1. The molecule has 0 unspecified atom stereocenters. The Morgan fingerprint density at radius 1 is 1.10 bits per heavy atom. The van der Waals surface area contributed by atoms with E-state index in [2.05, 4.69) is 46.9 Å². The number of aromatic nitrogens is 2. The van der Waals surface area contributed by atoms with E-state index < -0.39 is 6.04 Å². The van der Waals surface area contributed by atoms with Crippen molar-refractivity contribution in [1.82, 2.24) is 15.1 Å². The quantitative estimate of drug-likeness (QED) is 0.579. The van der Waals surface area contributed by atoms with Crippen molar-refractivity contribution in [1.29, 1.82) is 0 Å². The van der Waals surface area contributed by atoms with Gasteiger partial charge in [0.1, 0.15) is 6.04 Å². The monoisotopic (exact) mass is 418 g/mol. The second-order valence-corrected chi connectivity index (χ2v) is 8.05. The Hall–Kier alpha value is -2.96. The molecule has 0 aliphatic carbocycles. The van der Waals surface area contributed by atoms with Crippen LogP contribution in [0.2, 0.25) is 0 Å². The maximum Gasteiger partial charge on any atom is 0.247 e. The minimum absolute atomic E-state index is 0.104. The van der Waals surface area contributed by atoms with Gasteiger partial charge in [-0.1, -0.05) is 60.2 Å². The van der Waals surface area contributed by atoms with Crippen LogP contribution in [-0.2, 0) is 16.0 Å². The summed E-state index contributed by atoms with van der Waals surface area (Å²) in [6.45, 7) is 4.30. The molecule has 1 aromatic heterocycles. The highest BCUT2D eigenvalue weighted by molar-refractivity contribution is 5.94. The molecular formula is C25H30N4O2. The molecule has 2 aromatic carbocycles. The third-order valence-electron chi connectivity index (χ3n) is 5.70. The molecule has 4 rings (SSSR count). The van der Waals surface area contributed by atoms with Crippen LogP contribution in [0.15, 0.2) is 66.9 Å². The lowest BCUT2D eigenvalue weighted by Gasteiger charge is -2.22. The van der Waals surface area contributed by atoms with E-state index in [1.165, 1.54) is 11.1 Å². The number of hydrogen-bond donors (Lipinski definition) is 2. The van der Waals surface area contributed by atoms with Crippen LogP contribution in [0.4, 0.5) is 5.82 Å². The number of rotatable bonds is 8. The van der Waals surface area contributed by atoms with Gasteiger partial charge >= 0.3 is 0 Å². The van der Waals surface area contributed by atoms with Gasteiger partial charge in [-0.3, -0.25) is 9.48 Å². The van der Waals surface area contributed by atoms with Gasteiger partial charge in [0.15, 0.2) is 5.82 Å². The van der Waals surface area contributed by atoms with Crippen molar-refractivity contribution in [2.45, 2.75) is 38.3 Å². The fourth-order valence-corrected chi connectivity index (χ4v) is 3.88. The van der Waals surface area contributed by atoms with Crippen molar-refractivity contribution >= 4 is 11.7 Å². The Labute approximate surface area is 183 Å². The van der Waals surface area contributed by atoms with Gasteiger partial charge in [-0.2, -0.15) is 5.10 Å². The van der Waals surface area contributed by atoms with E-state index in [9.17, 15) is 4.79 Å². The summed E-state index contributed by atoms with van der Waals surface area (Å²) in [7, 11) is 0. The summed E-state index contributed by atoms with van der Waals surface area (Å²) in [4.78, 5) is 13.1. The van der Waals surface area contributed by atoms with Crippen LogP contribution < -0.4 is 10.6 Å². The van der Waals surface area contributed by atoms with E-state index in [0.717, 1.165) is 38.0 Å². The molecule has 3 aromatic rings. The second kappa shape index (κ2) is 10.4. The molecule has 1 amide bonds. The van der Waals surface area contributed by atoms with Crippen LogP contribution in [0.3, 0.4) is 0 Å². The molecule has 1 fully saturated rings. The summed E-state index contributed by atoms with van der Waals surface area (Å²) in [5, 5.41) is 11.0. The summed E-state index contributed by atoms with van der Waals surface area (Å²) >= 11 is 0. The number of anilines is 1. The van der Waals surface area contributed by atoms with Gasteiger partial charge in [-0.05, 0) is 37.3 Å².